The molecule has 8 nitrogen and oxygen atoms in total. The van der Waals surface area contributed by atoms with E-state index < -0.39 is 45.9 Å². The van der Waals surface area contributed by atoms with E-state index in [1.54, 1.807) is 0 Å². The van der Waals surface area contributed by atoms with E-state index in [2.05, 4.69) is 16.8 Å². The molecule has 2 aromatic rings. The van der Waals surface area contributed by atoms with E-state index in [-0.39, 0.29) is 39.1 Å². The molecule has 0 radical (unpaired) electrons. The Hall–Kier alpha value is -2.40. The van der Waals surface area contributed by atoms with Gasteiger partial charge in [0.05, 0.1) is 31.2 Å². The second kappa shape index (κ2) is 9.41. The monoisotopic (exact) mass is 578 g/mol. The molecule has 1 aromatic heterocycles. The molecule has 2 saturated heterocycles. The van der Waals surface area contributed by atoms with E-state index >= 15 is 0 Å². The average molecular weight is 579 g/mol. The van der Waals surface area contributed by atoms with Crippen molar-refractivity contribution in [1.29, 1.82) is 0 Å². The molecule has 37 heavy (non-hydrogen) atoms. The maximum Gasteiger partial charge on any atom is 0.423 e. The fourth-order valence-electron chi connectivity index (χ4n) is 4.20. The fraction of sp³-hybridized carbons (Fsp3) is 0.391. The van der Waals surface area contributed by atoms with Gasteiger partial charge in [0.1, 0.15) is 17.3 Å². The standard InChI is InChI=1S/C23H19Cl2F3N2O6S/c1-13(35-37(3,32)33)4-6-18-17(20(31)34-2)5-7-19(29-18)21-11-22(23(26,27)28,36-30(21)12-21)14-8-15(24)10-16(25)9-14/h5,7-10,13H,11-12H2,1-3H3. The molecule has 2 aliphatic heterocycles. The second-order valence-corrected chi connectivity index (χ2v) is 11.1. The summed E-state index contributed by atoms with van der Waals surface area (Å²) in [5.74, 6) is 4.32. The van der Waals surface area contributed by atoms with Gasteiger partial charge in [-0.25, -0.2) is 9.78 Å². The third-order valence-electron chi connectivity index (χ3n) is 5.86. The first kappa shape index (κ1) is 27.6. The van der Waals surface area contributed by atoms with Crippen LogP contribution in [0.25, 0.3) is 0 Å². The maximum absolute atomic E-state index is 14.5. The van der Waals surface area contributed by atoms with Crippen LogP contribution in [0.5, 0.6) is 0 Å². The number of halogens is 5. The largest absolute Gasteiger partial charge is 0.465 e. The number of benzene rings is 1. The molecule has 2 fully saturated rings. The zero-order valence-electron chi connectivity index (χ0n) is 19.5. The number of hydrogen-bond acceptors (Lipinski definition) is 8. The summed E-state index contributed by atoms with van der Waals surface area (Å²) in [6, 6.07) is 6.33. The van der Waals surface area contributed by atoms with E-state index in [1.165, 1.54) is 25.1 Å². The topological polar surface area (TPSA) is 94.8 Å². The number of pyridine rings is 1. The summed E-state index contributed by atoms with van der Waals surface area (Å²) in [5, 5.41) is 1.19. The van der Waals surface area contributed by atoms with Gasteiger partial charge in [0.15, 0.2) is 0 Å². The number of methoxy groups -OCH3 is 1. The molecule has 4 unspecified atom stereocenters. The molecular formula is C23H19Cl2F3N2O6S. The normalized spacial score (nSPS) is 25.6. The van der Waals surface area contributed by atoms with Gasteiger partial charge in [-0.1, -0.05) is 29.1 Å². The molecule has 0 spiro atoms. The number of carbonyl (C=O) groups is 1. The molecule has 0 bridgehead atoms. The third kappa shape index (κ3) is 5.30. The number of rotatable bonds is 5. The number of hydrogen-bond donors (Lipinski definition) is 0. The predicted octanol–water partition coefficient (Wildman–Crippen LogP) is 4.20. The van der Waals surface area contributed by atoms with Crippen molar-refractivity contribution in [3.05, 3.63) is 62.9 Å². The zero-order valence-corrected chi connectivity index (χ0v) is 21.8. The lowest BCUT2D eigenvalue weighted by molar-refractivity contribution is -0.313. The first-order valence-electron chi connectivity index (χ1n) is 10.6. The molecule has 14 heteroatoms. The minimum atomic E-state index is -4.84. The van der Waals surface area contributed by atoms with Gasteiger partial charge in [0, 0.05) is 16.5 Å². The number of alkyl halides is 3. The van der Waals surface area contributed by atoms with Crippen LogP contribution in [0.1, 0.15) is 40.7 Å². The SMILES string of the molecule is COC(=O)c1ccc(C23CN2OC(c2cc(Cl)cc(Cl)c2)(C(F)(F)F)C3)nc1C#CC(C)OS(C)(=O)=O. The first-order chi connectivity index (χ1) is 17.1. The molecule has 0 saturated carbocycles. The molecule has 0 aliphatic carbocycles. The molecule has 0 amide bonds. The highest BCUT2D eigenvalue weighted by molar-refractivity contribution is 7.86. The summed E-state index contributed by atoms with van der Waals surface area (Å²) in [6.45, 7) is 1.47. The molecule has 3 heterocycles. The Kier molecular flexibility index (Phi) is 7.03. The van der Waals surface area contributed by atoms with Gasteiger partial charge in [-0.2, -0.15) is 26.7 Å². The molecular weight excluding hydrogens is 560 g/mol. The van der Waals surface area contributed by atoms with Crippen molar-refractivity contribution in [2.75, 3.05) is 19.9 Å². The van der Waals surface area contributed by atoms with Crippen LogP contribution in [0.15, 0.2) is 30.3 Å². The van der Waals surface area contributed by atoms with E-state index in [0.717, 1.165) is 30.6 Å². The van der Waals surface area contributed by atoms with Gasteiger partial charge in [0.2, 0.25) is 5.60 Å². The lowest BCUT2D eigenvalue weighted by atomic mass is 9.82. The van der Waals surface area contributed by atoms with Gasteiger partial charge in [-0.3, -0.25) is 9.02 Å². The number of aromatic nitrogens is 1. The molecule has 2 aliphatic rings. The van der Waals surface area contributed by atoms with Crippen molar-refractivity contribution in [3.63, 3.8) is 0 Å². The van der Waals surface area contributed by atoms with Crippen molar-refractivity contribution in [3.8, 4) is 11.8 Å². The number of ether oxygens (including phenoxy) is 1. The number of carbonyl (C=O) groups excluding carboxylic acids is 1. The Bertz CT molecular complexity index is 1420. The Morgan fingerprint density at radius 1 is 1.24 bits per heavy atom. The maximum atomic E-state index is 14.5. The van der Waals surface area contributed by atoms with Gasteiger partial charge in [0.25, 0.3) is 10.1 Å². The van der Waals surface area contributed by atoms with E-state index in [0.29, 0.717) is 0 Å². The van der Waals surface area contributed by atoms with E-state index in [4.69, 9.17) is 37.0 Å². The smallest absolute Gasteiger partial charge is 0.423 e. The van der Waals surface area contributed by atoms with Crippen molar-refractivity contribution in [2.24, 2.45) is 0 Å². The summed E-state index contributed by atoms with van der Waals surface area (Å²) in [4.78, 5) is 22.1. The molecule has 4 rings (SSSR count). The minimum absolute atomic E-state index is 0.0166. The van der Waals surface area contributed by atoms with E-state index in [9.17, 15) is 26.4 Å². The first-order valence-corrected chi connectivity index (χ1v) is 13.2. The van der Waals surface area contributed by atoms with Gasteiger partial charge in [-0.15, -0.1) is 0 Å². The zero-order chi connectivity index (χ0) is 27.4. The number of hydroxylamine groups is 2. The van der Waals surface area contributed by atoms with Crippen LogP contribution in [0.2, 0.25) is 10.0 Å². The van der Waals surface area contributed by atoms with Crippen molar-refractivity contribution in [1.82, 2.24) is 10.0 Å². The van der Waals surface area contributed by atoms with Crippen LogP contribution in [-0.4, -0.2) is 56.6 Å². The Labute approximate surface area is 220 Å². The summed E-state index contributed by atoms with van der Waals surface area (Å²) in [5.41, 5.74) is -4.29. The highest BCUT2D eigenvalue weighted by Crippen LogP contribution is 2.64. The summed E-state index contributed by atoms with van der Waals surface area (Å²) in [7, 11) is -2.66. The van der Waals surface area contributed by atoms with Gasteiger partial charge >= 0.3 is 12.1 Å². The van der Waals surface area contributed by atoms with Crippen LogP contribution >= 0.6 is 23.2 Å². The van der Waals surface area contributed by atoms with Crippen LogP contribution in [0.3, 0.4) is 0 Å². The summed E-state index contributed by atoms with van der Waals surface area (Å²) >= 11 is 12.0. The van der Waals surface area contributed by atoms with Crippen LogP contribution in [0, 0.1) is 11.8 Å². The average Bonchev–Trinajstić information content (AvgIpc) is 3.35. The second-order valence-electron chi connectivity index (χ2n) is 8.62. The summed E-state index contributed by atoms with van der Waals surface area (Å²) < 4.78 is 75.6. The molecule has 4 atom stereocenters. The van der Waals surface area contributed by atoms with Gasteiger partial charge < -0.3 is 4.74 Å². The Morgan fingerprint density at radius 3 is 2.46 bits per heavy atom. The highest BCUT2D eigenvalue weighted by atomic mass is 35.5. The van der Waals surface area contributed by atoms with Crippen molar-refractivity contribution in [2.45, 2.75) is 36.8 Å². The van der Waals surface area contributed by atoms with Crippen LogP contribution < -0.4 is 0 Å². The number of nitrogens with zero attached hydrogens (tertiary/aromatic N) is 2. The minimum Gasteiger partial charge on any atom is -0.465 e. The van der Waals surface area contributed by atoms with Crippen molar-refractivity contribution < 1.29 is 40.1 Å². The van der Waals surface area contributed by atoms with Crippen LogP contribution in [0.4, 0.5) is 13.2 Å². The lowest BCUT2D eigenvalue weighted by Gasteiger charge is -2.32. The lowest BCUT2D eigenvalue weighted by Crippen LogP contribution is -2.44. The quantitative estimate of drug-likeness (QED) is 0.225. The summed E-state index contributed by atoms with van der Waals surface area (Å²) in [6.07, 6.45) is -5.63. The highest BCUT2D eigenvalue weighted by Gasteiger charge is 2.76. The number of fused-ring (bicyclic) bond motifs is 1. The van der Waals surface area contributed by atoms with Crippen molar-refractivity contribution >= 4 is 39.3 Å². The molecule has 198 valence electrons. The Balaban J connectivity index is 1.76. The fourth-order valence-corrected chi connectivity index (χ4v) is 5.30. The van der Waals surface area contributed by atoms with Gasteiger partial charge in [-0.05, 0) is 48.7 Å². The molecule has 0 N–H and O–H groups in total. The molecule has 1 aromatic carbocycles. The number of esters is 1. The Morgan fingerprint density at radius 2 is 1.89 bits per heavy atom. The van der Waals surface area contributed by atoms with E-state index in [1.807, 2.05) is 0 Å². The third-order valence-corrected chi connectivity index (χ3v) is 6.94. The predicted molar refractivity (Wildman–Crippen MR) is 126 cm³/mol. The van der Waals surface area contributed by atoms with Crippen LogP contribution in [-0.2, 0) is 35.0 Å².